The van der Waals surface area contributed by atoms with Gasteiger partial charge in [-0.1, -0.05) is 36.8 Å². The number of carbonyl (C=O) groups excluding carboxylic acids is 3. The lowest BCUT2D eigenvalue weighted by Gasteiger charge is -2.09. The highest BCUT2D eigenvalue weighted by Crippen LogP contribution is 2.16. The summed E-state index contributed by atoms with van der Waals surface area (Å²) >= 11 is 1.14. The monoisotopic (exact) mass is 414 g/mol. The third-order valence-electron chi connectivity index (χ3n) is 4.12. The molecule has 0 aromatic heterocycles. The first-order chi connectivity index (χ1) is 13.9. The molecule has 7 heteroatoms. The van der Waals surface area contributed by atoms with E-state index in [2.05, 4.69) is 17.6 Å². The van der Waals surface area contributed by atoms with Gasteiger partial charge in [-0.25, -0.2) is 0 Å². The highest BCUT2D eigenvalue weighted by molar-refractivity contribution is 8.00. The average Bonchev–Trinajstić information content (AvgIpc) is 2.69. The van der Waals surface area contributed by atoms with E-state index in [1.807, 2.05) is 56.3 Å². The fourth-order valence-corrected chi connectivity index (χ4v) is 3.19. The van der Waals surface area contributed by atoms with Crippen molar-refractivity contribution in [3.8, 4) is 0 Å². The fourth-order valence-electron chi connectivity index (χ4n) is 2.58. The van der Waals surface area contributed by atoms with Crippen LogP contribution in [-0.2, 0) is 25.5 Å². The number of anilines is 2. The number of ether oxygens (including phenoxy) is 1. The molecule has 0 saturated carbocycles. The maximum absolute atomic E-state index is 12.0. The number of thioether (sulfide) groups is 1. The van der Waals surface area contributed by atoms with Gasteiger partial charge < -0.3 is 15.4 Å². The molecule has 0 unspecified atom stereocenters. The largest absolute Gasteiger partial charge is 0.455 e. The van der Waals surface area contributed by atoms with E-state index in [4.69, 9.17) is 4.74 Å². The smallest absolute Gasteiger partial charge is 0.316 e. The Kier molecular flexibility index (Phi) is 8.73. The van der Waals surface area contributed by atoms with Crippen molar-refractivity contribution in [2.45, 2.75) is 27.2 Å². The van der Waals surface area contributed by atoms with Crippen molar-refractivity contribution in [3.05, 3.63) is 59.2 Å². The second kappa shape index (κ2) is 11.3. The molecule has 0 heterocycles. The minimum Gasteiger partial charge on any atom is -0.455 e. The summed E-state index contributed by atoms with van der Waals surface area (Å²) in [6.45, 7) is 5.61. The Labute approximate surface area is 175 Å². The number of carbonyl (C=O) groups is 3. The molecule has 6 nitrogen and oxygen atoms in total. The maximum atomic E-state index is 12.0. The standard InChI is InChI=1S/C22H26N2O4S/c1-4-17-6-8-18(9-7-17)23-20(25)12-28-22(27)14-29-13-21(26)24-19-10-5-15(2)11-16(19)3/h5-11H,4,12-14H2,1-3H3,(H,23,25)(H,24,26). The van der Waals surface area contributed by atoms with Crippen LogP contribution in [-0.4, -0.2) is 35.9 Å². The number of hydrogen-bond acceptors (Lipinski definition) is 5. The first kappa shape index (κ1) is 22.5. The molecule has 0 aliphatic rings. The summed E-state index contributed by atoms with van der Waals surface area (Å²) in [7, 11) is 0. The van der Waals surface area contributed by atoms with Gasteiger partial charge in [0, 0.05) is 11.4 Å². The number of nitrogens with one attached hydrogen (secondary N) is 2. The lowest BCUT2D eigenvalue weighted by Crippen LogP contribution is -2.22. The average molecular weight is 415 g/mol. The van der Waals surface area contributed by atoms with Gasteiger partial charge in [0.15, 0.2) is 6.61 Å². The molecule has 0 spiro atoms. The Morgan fingerprint density at radius 3 is 2.31 bits per heavy atom. The molecule has 2 N–H and O–H groups in total. The minimum atomic E-state index is -0.536. The van der Waals surface area contributed by atoms with Gasteiger partial charge in [0.05, 0.1) is 11.5 Å². The van der Waals surface area contributed by atoms with Gasteiger partial charge in [0.25, 0.3) is 5.91 Å². The number of esters is 1. The van der Waals surface area contributed by atoms with Crippen LogP contribution in [0.5, 0.6) is 0 Å². The van der Waals surface area contributed by atoms with E-state index < -0.39 is 11.9 Å². The molecule has 0 radical (unpaired) electrons. The Morgan fingerprint density at radius 2 is 1.66 bits per heavy atom. The molecule has 0 aliphatic heterocycles. The molecule has 0 aliphatic carbocycles. The zero-order chi connectivity index (χ0) is 21.2. The van der Waals surface area contributed by atoms with E-state index in [1.54, 1.807) is 0 Å². The van der Waals surface area contributed by atoms with Gasteiger partial charge in [-0.3, -0.25) is 14.4 Å². The van der Waals surface area contributed by atoms with E-state index in [1.165, 1.54) is 5.56 Å². The van der Waals surface area contributed by atoms with Gasteiger partial charge in [-0.15, -0.1) is 11.8 Å². The van der Waals surface area contributed by atoms with Crippen molar-refractivity contribution in [1.82, 2.24) is 0 Å². The summed E-state index contributed by atoms with van der Waals surface area (Å²) in [5, 5.41) is 5.49. The van der Waals surface area contributed by atoms with Crippen LogP contribution in [0.1, 0.15) is 23.6 Å². The van der Waals surface area contributed by atoms with Gasteiger partial charge >= 0.3 is 5.97 Å². The fraction of sp³-hybridized carbons (Fsp3) is 0.318. The van der Waals surface area contributed by atoms with Crippen molar-refractivity contribution in [2.24, 2.45) is 0 Å². The van der Waals surface area contributed by atoms with Crippen LogP contribution in [0.2, 0.25) is 0 Å². The molecule has 2 aromatic carbocycles. The van der Waals surface area contributed by atoms with Crippen LogP contribution in [0.25, 0.3) is 0 Å². The third kappa shape index (κ3) is 7.99. The molecule has 2 rings (SSSR count). The molecule has 0 bridgehead atoms. The Balaban J connectivity index is 1.64. The van der Waals surface area contributed by atoms with E-state index in [0.29, 0.717) is 5.69 Å². The molecule has 0 atom stereocenters. The van der Waals surface area contributed by atoms with Crippen LogP contribution < -0.4 is 10.6 Å². The first-order valence-corrected chi connectivity index (χ1v) is 10.5. The Hall–Kier alpha value is -2.80. The third-order valence-corrected chi connectivity index (χ3v) is 5.03. The van der Waals surface area contributed by atoms with Crippen molar-refractivity contribution < 1.29 is 19.1 Å². The summed E-state index contributed by atoms with van der Waals surface area (Å²) in [5.74, 6) is -1.01. The normalized spacial score (nSPS) is 10.3. The van der Waals surface area contributed by atoms with Crippen LogP contribution in [0, 0.1) is 13.8 Å². The van der Waals surface area contributed by atoms with Gasteiger partial charge in [-0.05, 0) is 49.6 Å². The molecule has 2 amide bonds. The van der Waals surface area contributed by atoms with Gasteiger partial charge in [0.2, 0.25) is 5.91 Å². The summed E-state index contributed by atoms with van der Waals surface area (Å²) in [4.78, 5) is 35.6. The Bertz CT molecular complexity index is 866. The molecule has 29 heavy (non-hydrogen) atoms. The highest BCUT2D eigenvalue weighted by Gasteiger charge is 2.10. The maximum Gasteiger partial charge on any atom is 0.316 e. The number of benzene rings is 2. The predicted molar refractivity (Wildman–Crippen MR) is 117 cm³/mol. The Morgan fingerprint density at radius 1 is 0.931 bits per heavy atom. The number of rotatable bonds is 9. The lowest BCUT2D eigenvalue weighted by molar-refractivity contribution is -0.144. The minimum absolute atomic E-state index is 0.00121. The second-order valence-corrected chi connectivity index (χ2v) is 7.60. The summed E-state index contributed by atoms with van der Waals surface area (Å²) < 4.78 is 4.95. The van der Waals surface area contributed by atoms with Gasteiger partial charge in [-0.2, -0.15) is 0 Å². The van der Waals surface area contributed by atoms with Crippen molar-refractivity contribution in [2.75, 3.05) is 28.7 Å². The lowest BCUT2D eigenvalue weighted by atomic mass is 10.1. The first-order valence-electron chi connectivity index (χ1n) is 9.36. The number of aryl methyl sites for hydroxylation is 3. The SMILES string of the molecule is CCc1ccc(NC(=O)COC(=O)CSCC(=O)Nc2ccc(C)cc2C)cc1. The highest BCUT2D eigenvalue weighted by atomic mass is 32.2. The van der Waals surface area contributed by atoms with E-state index >= 15 is 0 Å². The summed E-state index contributed by atoms with van der Waals surface area (Å²) in [6.07, 6.45) is 0.923. The second-order valence-electron chi connectivity index (χ2n) is 6.62. The number of amides is 2. The summed E-state index contributed by atoms with van der Waals surface area (Å²) in [5.41, 5.74) is 4.69. The molecular weight excluding hydrogens is 388 g/mol. The predicted octanol–water partition coefficient (Wildman–Crippen LogP) is 3.72. The topological polar surface area (TPSA) is 84.5 Å². The zero-order valence-electron chi connectivity index (χ0n) is 16.9. The van der Waals surface area contributed by atoms with E-state index in [-0.39, 0.29) is 24.0 Å². The van der Waals surface area contributed by atoms with Crippen molar-refractivity contribution in [3.63, 3.8) is 0 Å². The molecule has 0 saturated heterocycles. The van der Waals surface area contributed by atoms with Crippen LogP contribution >= 0.6 is 11.8 Å². The zero-order valence-corrected chi connectivity index (χ0v) is 17.7. The van der Waals surface area contributed by atoms with Crippen LogP contribution in [0.15, 0.2) is 42.5 Å². The van der Waals surface area contributed by atoms with Crippen LogP contribution in [0.3, 0.4) is 0 Å². The molecular formula is C22H26N2O4S. The van der Waals surface area contributed by atoms with E-state index in [0.717, 1.165) is 35.0 Å². The summed E-state index contributed by atoms with van der Waals surface area (Å²) in [6, 6.07) is 13.3. The van der Waals surface area contributed by atoms with Crippen molar-refractivity contribution >= 4 is 40.9 Å². The van der Waals surface area contributed by atoms with Crippen molar-refractivity contribution in [1.29, 1.82) is 0 Å². The number of hydrogen-bond donors (Lipinski definition) is 2. The molecule has 154 valence electrons. The molecule has 2 aromatic rings. The van der Waals surface area contributed by atoms with E-state index in [9.17, 15) is 14.4 Å². The quantitative estimate of drug-likeness (QED) is 0.611. The van der Waals surface area contributed by atoms with Crippen LogP contribution in [0.4, 0.5) is 11.4 Å². The van der Waals surface area contributed by atoms with Gasteiger partial charge in [0.1, 0.15) is 0 Å². The molecule has 0 fully saturated rings.